The van der Waals surface area contributed by atoms with Crippen LogP contribution in [0.1, 0.15) is 6.92 Å². The van der Waals surface area contributed by atoms with Gasteiger partial charge in [0.25, 0.3) is 0 Å². The second-order valence-corrected chi connectivity index (χ2v) is 4.05. The Hall–Kier alpha value is -0.770. The Morgan fingerprint density at radius 3 is 2.50 bits per heavy atom. The van der Waals surface area contributed by atoms with E-state index in [2.05, 4.69) is 5.32 Å². The van der Waals surface area contributed by atoms with E-state index in [0.717, 1.165) is 0 Å². The molecule has 1 aliphatic heterocycles. The zero-order valence-corrected chi connectivity index (χ0v) is 10.0. The van der Waals surface area contributed by atoms with Crippen molar-refractivity contribution in [3.05, 3.63) is 0 Å². The lowest BCUT2D eigenvalue weighted by molar-refractivity contribution is -0.300. The lowest BCUT2D eigenvalue weighted by Gasteiger charge is -2.39. The SMILES string of the molecule is CC(=O)NCCOC1OC(CO)[C@@H](O)[C@H](O)[C@@H]1O. The Morgan fingerprint density at radius 1 is 1.28 bits per heavy atom. The highest BCUT2D eigenvalue weighted by atomic mass is 16.7. The smallest absolute Gasteiger partial charge is 0.216 e. The summed E-state index contributed by atoms with van der Waals surface area (Å²) in [6, 6.07) is 0. The van der Waals surface area contributed by atoms with E-state index in [0.29, 0.717) is 0 Å². The van der Waals surface area contributed by atoms with Gasteiger partial charge in [0.15, 0.2) is 6.29 Å². The molecule has 0 radical (unpaired) electrons. The second-order valence-electron chi connectivity index (χ2n) is 4.05. The molecule has 1 amide bonds. The number of aliphatic hydroxyl groups is 4. The lowest BCUT2D eigenvalue weighted by Crippen LogP contribution is -2.59. The average molecular weight is 265 g/mol. The zero-order chi connectivity index (χ0) is 13.7. The summed E-state index contributed by atoms with van der Waals surface area (Å²) in [4.78, 5) is 10.6. The number of hydrogen-bond donors (Lipinski definition) is 5. The Balaban J connectivity index is 2.41. The second kappa shape index (κ2) is 6.98. The molecule has 18 heavy (non-hydrogen) atoms. The lowest BCUT2D eigenvalue weighted by atomic mass is 9.99. The van der Waals surface area contributed by atoms with Gasteiger partial charge < -0.3 is 35.2 Å². The maximum Gasteiger partial charge on any atom is 0.216 e. The van der Waals surface area contributed by atoms with Gasteiger partial charge in [0.1, 0.15) is 24.4 Å². The van der Waals surface area contributed by atoms with Crippen LogP contribution in [0.3, 0.4) is 0 Å². The molecule has 5 N–H and O–H groups in total. The van der Waals surface area contributed by atoms with E-state index in [4.69, 9.17) is 14.6 Å². The molecule has 1 aliphatic rings. The number of aliphatic hydroxyl groups excluding tert-OH is 4. The first-order valence-corrected chi connectivity index (χ1v) is 5.64. The number of hydrogen-bond acceptors (Lipinski definition) is 7. The van der Waals surface area contributed by atoms with Crippen LogP contribution < -0.4 is 5.32 Å². The van der Waals surface area contributed by atoms with Crippen molar-refractivity contribution in [2.24, 2.45) is 0 Å². The first kappa shape index (κ1) is 15.3. The minimum absolute atomic E-state index is 0.0717. The van der Waals surface area contributed by atoms with Crippen LogP contribution in [0, 0.1) is 0 Å². The van der Waals surface area contributed by atoms with E-state index in [1.807, 2.05) is 0 Å². The summed E-state index contributed by atoms with van der Waals surface area (Å²) in [7, 11) is 0. The van der Waals surface area contributed by atoms with Gasteiger partial charge in [-0.2, -0.15) is 0 Å². The molecule has 0 aliphatic carbocycles. The van der Waals surface area contributed by atoms with E-state index in [1.54, 1.807) is 0 Å². The molecule has 1 fully saturated rings. The van der Waals surface area contributed by atoms with Crippen molar-refractivity contribution < 1.29 is 34.7 Å². The van der Waals surface area contributed by atoms with Gasteiger partial charge in [-0.25, -0.2) is 0 Å². The molecule has 2 unspecified atom stereocenters. The summed E-state index contributed by atoms with van der Waals surface area (Å²) in [5.41, 5.74) is 0. The third kappa shape index (κ3) is 3.87. The minimum atomic E-state index is -1.46. The van der Waals surface area contributed by atoms with Crippen molar-refractivity contribution in [3.63, 3.8) is 0 Å². The standard InChI is InChI=1S/C10H19NO7/c1-5(13)11-2-3-17-10-9(16)8(15)7(14)6(4-12)18-10/h6-10,12,14-16H,2-4H2,1H3,(H,11,13)/t6?,7-,8+,9+,10?/m1/s1. The van der Waals surface area contributed by atoms with Gasteiger partial charge in [-0.1, -0.05) is 0 Å². The highest BCUT2D eigenvalue weighted by Gasteiger charge is 2.43. The highest BCUT2D eigenvalue weighted by molar-refractivity contribution is 5.72. The van der Waals surface area contributed by atoms with E-state index >= 15 is 0 Å². The van der Waals surface area contributed by atoms with Crippen molar-refractivity contribution in [2.45, 2.75) is 37.6 Å². The topological polar surface area (TPSA) is 128 Å². The van der Waals surface area contributed by atoms with Crippen LogP contribution >= 0.6 is 0 Å². The van der Waals surface area contributed by atoms with Gasteiger partial charge in [0.05, 0.1) is 13.2 Å². The molecular formula is C10H19NO7. The van der Waals surface area contributed by atoms with E-state index in [1.165, 1.54) is 6.92 Å². The molecule has 1 heterocycles. The van der Waals surface area contributed by atoms with E-state index in [9.17, 15) is 20.1 Å². The van der Waals surface area contributed by atoms with Crippen LogP contribution in [0.15, 0.2) is 0 Å². The molecule has 0 spiro atoms. The van der Waals surface area contributed by atoms with E-state index < -0.39 is 37.3 Å². The number of amides is 1. The summed E-state index contributed by atoms with van der Waals surface area (Å²) in [5.74, 6) is -0.215. The molecular weight excluding hydrogens is 246 g/mol. The predicted molar refractivity (Wildman–Crippen MR) is 58.4 cm³/mol. The average Bonchev–Trinajstić information content (AvgIpc) is 2.34. The van der Waals surface area contributed by atoms with Crippen molar-refractivity contribution in [1.29, 1.82) is 0 Å². The minimum Gasteiger partial charge on any atom is -0.394 e. The summed E-state index contributed by atoms with van der Waals surface area (Å²) < 4.78 is 10.2. The molecule has 0 aromatic carbocycles. The van der Waals surface area contributed by atoms with Crippen LogP contribution in [0.25, 0.3) is 0 Å². The van der Waals surface area contributed by atoms with Gasteiger partial charge in [0.2, 0.25) is 5.91 Å². The maximum absolute atomic E-state index is 10.6. The van der Waals surface area contributed by atoms with Gasteiger partial charge in [-0.3, -0.25) is 4.79 Å². The summed E-state index contributed by atoms with van der Waals surface area (Å²) in [5, 5.41) is 40.0. The predicted octanol–water partition coefficient (Wildman–Crippen LogP) is -3.06. The van der Waals surface area contributed by atoms with Gasteiger partial charge >= 0.3 is 0 Å². The Labute approximate surface area is 104 Å². The largest absolute Gasteiger partial charge is 0.394 e. The van der Waals surface area contributed by atoms with Gasteiger partial charge in [-0.05, 0) is 0 Å². The Kier molecular flexibility index (Phi) is 5.93. The number of carbonyl (C=O) groups is 1. The third-order valence-corrected chi connectivity index (χ3v) is 2.61. The molecule has 106 valence electrons. The van der Waals surface area contributed by atoms with E-state index in [-0.39, 0.29) is 19.1 Å². The fourth-order valence-electron chi connectivity index (χ4n) is 1.61. The maximum atomic E-state index is 10.6. The molecule has 0 aromatic rings. The molecule has 1 rings (SSSR count). The quantitative estimate of drug-likeness (QED) is 0.334. The number of rotatable bonds is 5. The summed E-state index contributed by atoms with van der Waals surface area (Å²) in [6.07, 6.45) is -6.43. The van der Waals surface area contributed by atoms with Crippen LogP contribution in [-0.4, -0.2) is 76.8 Å². The van der Waals surface area contributed by atoms with Crippen molar-refractivity contribution in [1.82, 2.24) is 5.32 Å². The first-order valence-electron chi connectivity index (χ1n) is 5.64. The van der Waals surface area contributed by atoms with Gasteiger partial charge in [-0.15, -0.1) is 0 Å². The van der Waals surface area contributed by atoms with Crippen LogP contribution in [-0.2, 0) is 14.3 Å². The normalized spacial score (nSPS) is 36.4. The van der Waals surface area contributed by atoms with Crippen molar-refractivity contribution >= 4 is 5.91 Å². The molecule has 0 aromatic heterocycles. The Bertz CT molecular complexity index is 273. The number of nitrogens with one attached hydrogen (secondary N) is 1. The summed E-state index contributed by atoms with van der Waals surface area (Å²) >= 11 is 0. The Morgan fingerprint density at radius 2 is 1.94 bits per heavy atom. The zero-order valence-electron chi connectivity index (χ0n) is 10.0. The molecule has 1 saturated heterocycles. The molecule has 0 bridgehead atoms. The molecule has 8 nitrogen and oxygen atoms in total. The van der Waals surface area contributed by atoms with Crippen LogP contribution in [0.4, 0.5) is 0 Å². The third-order valence-electron chi connectivity index (χ3n) is 2.61. The molecule has 5 atom stereocenters. The first-order chi connectivity index (χ1) is 8.47. The van der Waals surface area contributed by atoms with Crippen molar-refractivity contribution in [3.8, 4) is 0 Å². The monoisotopic (exact) mass is 265 g/mol. The summed E-state index contributed by atoms with van der Waals surface area (Å²) in [6.45, 7) is 1.15. The van der Waals surface area contributed by atoms with Gasteiger partial charge in [0, 0.05) is 13.5 Å². The molecule has 8 heteroatoms. The van der Waals surface area contributed by atoms with Crippen LogP contribution in [0.2, 0.25) is 0 Å². The number of ether oxygens (including phenoxy) is 2. The fourth-order valence-corrected chi connectivity index (χ4v) is 1.61. The number of carbonyl (C=O) groups excluding carboxylic acids is 1. The van der Waals surface area contributed by atoms with Crippen LogP contribution in [0.5, 0.6) is 0 Å². The fraction of sp³-hybridized carbons (Fsp3) is 0.900. The highest BCUT2D eigenvalue weighted by Crippen LogP contribution is 2.21. The molecule has 0 saturated carbocycles. The van der Waals surface area contributed by atoms with Crippen molar-refractivity contribution in [2.75, 3.05) is 19.8 Å².